The number of fused-ring (bicyclic) bond motifs is 1. The third kappa shape index (κ3) is 5.26. The number of rotatable bonds is 6. The van der Waals surface area contributed by atoms with Crippen molar-refractivity contribution in [1.29, 1.82) is 0 Å². The van der Waals surface area contributed by atoms with Gasteiger partial charge in [-0.3, -0.25) is 9.78 Å². The van der Waals surface area contributed by atoms with Crippen LogP contribution in [-0.2, 0) is 17.4 Å². The fourth-order valence-electron chi connectivity index (χ4n) is 3.67. The molecule has 0 spiro atoms. The van der Waals surface area contributed by atoms with Crippen LogP contribution in [-0.4, -0.2) is 30.5 Å². The maximum Gasteiger partial charge on any atom is 0.417 e. The third-order valence-electron chi connectivity index (χ3n) is 5.47. The van der Waals surface area contributed by atoms with E-state index in [-0.39, 0.29) is 28.3 Å². The van der Waals surface area contributed by atoms with Gasteiger partial charge < -0.3 is 10.6 Å². The molecule has 0 bridgehead atoms. The first-order valence-electron chi connectivity index (χ1n) is 11.0. The van der Waals surface area contributed by atoms with Crippen molar-refractivity contribution in [2.24, 2.45) is 0 Å². The molecule has 13 heteroatoms. The van der Waals surface area contributed by atoms with E-state index in [4.69, 9.17) is 0 Å². The minimum Gasteiger partial charge on any atom is -0.324 e. The Hall–Kier alpha value is -4.94. The molecule has 0 fully saturated rings. The van der Waals surface area contributed by atoms with Gasteiger partial charge in [-0.25, -0.2) is 23.3 Å². The average Bonchev–Trinajstić information content (AvgIpc) is 3.29. The number of amides is 1. The van der Waals surface area contributed by atoms with Crippen molar-refractivity contribution in [1.82, 2.24) is 24.6 Å². The van der Waals surface area contributed by atoms with Gasteiger partial charge in [0.2, 0.25) is 11.9 Å². The first kappa shape index (κ1) is 24.7. The molecule has 4 aromatic heterocycles. The minimum atomic E-state index is -4.65. The normalized spacial score (nSPS) is 11.5. The molecular formula is C25H16F5N7O. The van der Waals surface area contributed by atoms with Crippen LogP contribution in [0, 0.1) is 11.6 Å². The average molecular weight is 525 g/mol. The van der Waals surface area contributed by atoms with Gasteiger partial charge in [-0.2, -0.15) is 18.3 Å². The highest BCUT2D eigenvalue weighted by molar-refractivity contribution is 5.92. The van der Waals surface area contributed by atoms with E-state index in [1.807, 2.05) is 18.2 Å². The number of carbonyl (C=O) groups is 1. The van der Waals surface area contributed by atoms with Crippen LogP contribution in [0.4, 0.5) is 39.3 Å². The van der Waals surface area contributed by atoms with Gasteiger partial charge in [0.25, 0.3) is 0 Å². The lowest BCUT2D eigenvalue weighted by Crippen LogP contribution is -2.16. The zero-order chi connectivity index (χ0) is 26.9. The van der Waals surface area contributed by atoms with E-state index in [0.717, 1.165) is 23.8 Å². The highest BCUT2D eigenvalue weighted by atomic mass is 19.4. The fraction of sp³-hybridized carbons (Fsp3) is 0.0800. The number of aromatic nitrogens is 5. The number of carbonyl (C=O) groups excluding carboxylic acids is 1. The quantitative estimate of drug-likeness (QED) is 0.288. The zero-order valence-corrected chi connectivity index (χ0v) is 19.2. The van der Waals surface area contributed by atoms with E-state index in [9.17, 15) is 26.7 Å². The summed E-state index contributed by atoms with van der Waals surface area (Å²) in [5.41, 5.74) is -0.0576. The van der Waals surface area contributed by atoms with Crippen LogP contribution in [0.15, 0.2) is 73.6 Å². The lowest BCUT2D eigenvalue weighted by atomic mass is 10.0. The number of anilines is 3. The molecule has 0 aliphatic carbocycles. The molecule has 1 amide bonds. The lowest BCUT2D eigenvalue weighted by Gasteiger charge is -2.11. The van der Waals surface area contributed by atoms with E-state index in [1.54, 1.807) is 16.9 Å². The van der Waals surface area contributed by atoms with E-state index in [0.29, 0.717) is 18.0 Å². The van der Waals surface area contributed by atoms with Gasteiger partial charge >= 0.3 is 6.18 Å². The summed E-state index contributed by atoms with van der Waals surface area (Å²) in [6.07, 6.45) is 2.36. The SMILES string of the molecule is O=C(Cc1cc(F)c(-c2cnc(Nc3cnn4ccccc34)nc2)cc1F)Nc1cncc(C(F)(F)F)c1. The smallest absolute Gasteiger partial charge is 0.324 e. The highest BCUT2D eigenvalue weighted by Crippen LogP contribution is 2.30. The van der Waals surface area contributed by atoms with Crippen molar-refractivity contribution >= 4 is 28.7 Å². The number of hydrogen-bond donors (Lipinski definition) is 2. The largest absolute Gasteiger partial charge is 0.417 e. The Kier molecular flexibility index (Phi) is 6.41. The zero-order valence-electron chi connectivity index (χ0n) is 19.2. The van der Waals surface area contributed by atoms with Crippen LogP contribution in [0.3, 0.4) is 0 Å². The van der Waals surface area contributed by atoms with E-state index >= 15 is 0 Å². The van der Waals surface area contributed by atoms with Crippen LogP contribution in [0.2, 0.25) is 0 Å². The molecule has 0 unspecified atom stereocenters. The molecule has 1 aromatic carbocycles. The van der Waals surface area contributed by atoms with E-state index in [1.165, 1.54) is 12.4 Å². The summed E-state index contributed by atoms with van der Waals surface area (Å²) in [5.74, 6) is -2.34. The molecule has 0 aliphatic rings. The van der Waals surface area contributed by atoms with Gasteiger partial charge in [0, 0.05) is 41.5 Å². The van der Waals surface area contributed by atoms with Crippen molar-refractivity contribution in [2.75, 3.05) is 10.6 Å². The van der Waals surface area contributed by atoms with Crippen LogP contribution < -0.4 is 10.6 Å². The van der Waals surface area contributed by atoms with Gasteiger partial charge in [0.15, 0.2) is 0 Å². The molecule has 8 nitrogen and oxygen atoms in total. The maximum absolute atomic E-state index is 14.8. The topological polar surface area (TPSA) is 97.1 Å². The van der Waals surface area contributed by atoms with E-state index < -0.39 is 35.7 Å². The number of hydrogen-bond acceptors (Lipinski definition) is 6. The molecule has 4 heterocycles. The fourth-order valence-corrected chi connectivity index (χ4v) is 3.67. The molecule has 5 aromatic rings. The second-order valence-electron chi connectivity index (χ2n) is 8.12. The van der Waals surface area contributed by atoms with Crippen LogP contribution >= 0.6 is 0 Å². The summed E-state index contributed by atoms with van der Waals surface area (Å²) in [6.45, 7) is 0. The Labute approximate surface area is 211 Å². The second kappa shape index (κ2) is 9.84. The molecule has 0 saturated carbocycles. The van der Waals surface area contributed by atoms with Crippen molar-refractivity contribution in [2.45, 2.75) is 12.6 Å². The predicted molar refractivity (Wildman–Crippen MR) is 127 cm³/mol. The van der Waals surface area contributed by atoms with Crippen molar-refractivity contribution in [3.05, 3.63) is 96.3 Å². The van der Waals surface area contributed by atoms with Crippen molar-refractivity contribution < 1.29 is 26.7 Å². The molecule has 0 aliphatic heterocycles. The van der Waals surface area contributed by atoms with Crippen molar-refractivity contribution in [3.63, 3.8) is 0 Å². The lowest BCUT2D eigenvalue weighted by molar-refractivity contribution is -0.137. The number of halogens is 5. The summed E-state index contributed by atoms with van der Waals surface area (Å²) < 4.78 is 69.7. The first-order chi connectivity index (χ1) is 18.2. The molecule has 0 atom stereocenters. The third-order valence-corrected chi connectivity index (χ3v) is 5.47. The number of alkyl halides is 3. The number of pyridine rings is 2. The molecule has 0 radical (unpaired) electrons. The van der Waals surface area contributed by atoms with Gasteiger partial charge in [-0.05, 0) is 30.3 Å². The molecule has 5 rings (SSSR count). The number of nitrogens with one attached hydrogen (secondary N) is 2. The van der Waals surface area contributed by atoms with Crippen molar-refractivity contribution in [3.8, 4) is 11.1 Å². The van der Waals surface area contributed by atoms with Crippen LogP contribution in [0.5, 0.6) is 0 Å². The number of benzene rings is 1. The Morgan fingerprint density at radius 2 is 1.74 bits per heavy atom. The number of nitrogens with zero attached hydrogens (tertiary/aromatic N) is 5. The first-order valence-corrected chi connectivity index (χ1v) is 11.0. The molecule has 38 heavy (non-hydrogen) atoms. The molecule has 0 saturated heterocycles. The summed E-state index contributed by atoms with van der Waals surface area (Å²) in [6, 6.07) is 7.97. The highest BCUT2D eigenvalue weighted by Gasteiger charge is 2.31. The van der Waals surface area contributed by atoms with Gasteiger partial charge in [-0.15, -0.1) is 0 Å². The standard InChI is InChI=1S/C25H16F5N7O/c26-19-8-18(15-9-32-24(33-10-15)36-21-13-34-37-4-2-1-3-22(21)37)20(27)5-14(19)6-23(38)35-17-7-16(11-31-12-17)25(28,29)30/h1-5,7-13H,6H2,(H,35,38)(H,32,33,36). The Morgan fingerprint density at radius 3 is 2.50 bits per heavy atom. The Morgan fingerprint density at radius 1 is 0.947 bits per heavy atom. The predicted octanol–water partition coefficient (Wildman–Crippen LogP) is 5.41. The van der Waals surface area contributed by atoms with Gasteiger partial charge in [0.05, 0.1) is 41.3 Å². The monoisotopic (exact) mass is 525 g/mol. The van der Waals surface area contributed by atoms with Gasteiger partial charge in [-0.1, -0.05) is 6.07 Å². The second-order valence-corrected chi connectivity index (χ2v) is 8.12. The summed E-state index contributed by atoms with van der Waals surface area (Å²) in [4.78, 5) is 24.0. The van der Waals surface area contributed by atoms with E-state index in [2.05, 4.69) is 30.7 Å². The Bertz CT molecular complexity index is 1630. The van der Waals surface area contributed by atoms with Crippen LogP contribution in [0.25, 0.3) is 16.6 Å². The molecule has 192 valence electrons. The molecule has 2 N–H and O–H groups in total. The van der Waals surface area contributed by atoms with Crippen LogP contribution in [0.1, 0.15) is 11.1 Å². The Balaban J connectivity index is 1.29. The maximum atomic E-state index is 14.8. The molecular weight excluding hydrogens is 509 g/mol. The summed E-state index contributed by atoms with van der Waals surface area (Å²) >= 11 is 0. The summed E-state index contributed by atoms with van der Waals surface area (Å²) in [5, 5.41) is 9.41. The summed E-state index contributed by atoms with van der Waals surface area (Å²) in [7, 11) is 0. The minimum absolute atomic E-state index is 0.128. The van der Waals surface area contributed by atoms with Gasteiger partial charge in [0.1, 0.15) is 11.6 Å².